The molecule has 1 fully saturated rings. The molecule has 1 aliphatic rings. The van der Waals surface area contributed by atoms with Gasteiger partial charge in [0.1, 0.15) is 11.0 Å². The van der Waals surface area contributed by atoms with Gasteiger partial charge in [0.25, 0.3) is 0 Å². The molecule has 1 saturated heterocycles. The van der Waals surface area contributed by atoms with Crippen LogP contribution in [0.25, 0.3) is 5.52 Å². The summed E-state index contributed by atoms with van der Waals surface area (Å²) < 4.78 is 1.72. The van der Waals surface area contributed by atoms with Crippen molar-refractivity contribution in [1.29, 1.82) is 0 Å². The second-order valence-corrected chi connectivity index (χ2v) is 5.16. The molecule has 2 N–H and O–H groups in total. The van der Waals surface area contributed by atoms with Crippen LogP contribution in [0.1, 0.15) is 16.3 Å². The average Bonchev–Trinajstić information content (AvgIpc) is 2.80. The van der Waals surface area contributed by atoms with E-state index in [1.807, 2.05) is 0 Å². The highest BCUT2D eigenvalue weighted by Crippen LogP contribution is 2.20. The van der Waals surface area contributed by atoms with Gasteiger partial charge in [0.2, 0.25) is 0 Å². The molecule has 0 spiro atoms. The Labute approximate surface area is 121 Å². The van der Waals surface area contributed by atoms with Crippen LogP contribution in [-0.4, -0.2) is 51.5 Å². The summed E-state index contributed by atoms with van der Waals surface area (Å²) in [5, 5.41) is 13.0. The zero-order valence-corrected chi connectivity index (χ0v) is 11.6. The first kappa shape index (κ1) is 13.4. The van der Waals surface area contributed by atoms with Gasteiger partial charge in [-0.25, -0.2) is 9.78 Å². The number of carbonyl (C=O) groups is 1. The summed E-state index contributed by atoms with van der Waals surface area (Å²) in [6.07, 6.45) is 0. The van der Waals surface area contributed by atoms with Crippen LogP contribution in [0, 0.1) is 0 Å². The molecule has 0 saturated carbocycles. The van der Waals surface area contributed by atoms with Gasteiger partial charge in [0.15, 0.2) is 5.69 Å². The Bertz CT molecular complexity index is 649. The molecule has 2 aromatic rings. The highest BCUT2D eigenvalue weighted by atomic mass is 35.5. The third-order valence-corrected chi connectivity index (χ3v) is 3.76. The summed E-state index contributed by atoms with van der Waals surface area (Å²) >= 11 is 6.20. The lowest BCUT2D eigenvalue weighted by atomic mass is 10.3. The number of imidazole rings is 1. The summed E-state index contributed by atoms with van der Waals surface area (Å²) in [5.74, 6) is -0.360. The van der Waals surface area contributed by atoms with Crippen LogP contribution in [-0.2, 0) is 6.54 Å². The fraction of sp³-hybridized carbons (Fsp3) is 0.385. The molecule has 0 amide bonds. The number of rotatable bonds is 3. The number of nitrogens with one attached hydrogen (secondary N) is 1. The molecule has 6 nitrogen and oxygen atoms in total. The van der Waals surface area contributed by atoms with Gasteiger partial charge in [0.05, 0.1) is 12.1 Å². The van der Waals surface area contributed by atoms with E-state index in [0.29, 0.717) is 23.0 Å². The van der Waals surface area contributed by atoms with Crippen molar-refractivity contribution in [3.05, 3.63) is 34.9 Å². The maximum Gasteiger partial charge on any atom is 0.356 e. The van der Waals surface area contributed by atoms with Gasteiger partial charge in [-0.2, -0.15) is 0 Å². The van der Waals surface area contributed by atoms with E-state index in [1.54, 1.807) is 22.6 Å². The second-order valence-electron chi connectivity index (χ2n) is 4.78. The lowest BCUT2D eigenvalue weighted by molar-refractivity contribution is 0.0693. The molecule has 7 heteroatoms. The monoisotopic (exact) mass is 294 g/mol. The maximum absolute atomic E-state index is 11.3. The van der Waals surface area contributed by atoms with Gasteiger partial charge in [-0.15, -0.1) is 0 Å². The Morgan fingerprint density at radius 2 is 2.15 bits per heavy atom. The number of halogens is 1. The van der Waals surface area contributed by atoms with Crippen LogP contribution in [0.2, 0.25) is 5.15 Å². The summed E-state index contributed by atoms with van der Waals surface area (Å²) in [4.78, 5) is 17.8. The van der Waals surface area contributed by atoms with Crippen molar-refractivity contribution in [1.82, 2.24) is 19.6 Å². The summed E-state index contributed by atoms with van der Waals surface area (Å²) in [5.41, 5.74) is 0.591. The molecule has 1 aliphatic heterocycles. The first-order valence-corrected chi connectivity index (χ1v) is 6.87. The molecule has 2 aromatic heterocycles. The predicted octanol–water partition coefficient (Wildman–Crippen LogP) is 1.09. The number of nitrogens with zero attached hydrogens (tertiary/aromatic N) is 3. The van der Waals surface area contributed by atoms with E-state index in [1.165, 1.54) is 0 Å². The average molecular weight is 295 g/mol. The molecule has 3 heterocycles. The molecule has 0 bridgehead atoms. The minimum absolute atomic E-state index is 0.0534. The molecule has 0 radical (unpaired) electrons. The second kappa shape index (κ2) is 5.40. The van der Waals surface area contributed by atoms with Gasteiger partial charge >= 0.3 is 5.97 Å². The standard InChI is InChI=1S/C13H15ClN4O2/c14-10-3-1-2-9-12(13(19)20)16-11(18(9)10)8-17-6-4-15-5-7-17/h1-3,15H,4-8H2,(H,19,20). The number of fused-ring (bicyclic) bond motifs is 1. The number of piperazine rings is 1. The predicted molar refractivity (Wildman–Crippen MR) is 75.3 cm³/mol. The number of aromatic nitrogens is 2. The number of hydrogen-bond acceptors (Lipinski definition) is 4. The number of aromatic carboxylic acids is 1. The quantitative estimate of drug-likeness (QED) is 0.830. The minimum Gasteiger partial charge on any atom is -0.476 e. The van der Waals surface area contributed by atoms with E-state index < -0.39 is 5.97 Å². The summed E-state index contributed by atoms with van der Waals surface area (Å²) in [7, 11) is 0. The fourth-order valence-corrected chi connectivity index (χ4v) is 2.76. The van der Waals surface area contributed by atoms with Gasteiger partial charge in [-0.3, -0.25) is 9.30 Å². The normalized spacial score (nSPS) is 16.6. The smallest absolute Gasteiger partial charge is 0.356 e. The lowest BCUT2D eigenvalue weighted by Gasteiger charge is -2.26. The molecule has 0 aromatic carbocycles. The van der Waals surface area contributed by atoms with Crippen LogP contribution in [0.5, 0.6) is 0 Å². The third-order valence-electron chi connectivity index (χ3n) is 3.46. The Hall–Kier alpha value is -1.63. The van der Waals surface area contributed by atoms with E-state index >= 15 is 0 Å². The first-order chi connectivity index (χ1) is 9.66. The first-order valence-electron chi connectivity index (χ1n) is 6.49. The van der Waals surface area contributed by atoms with E-state index in [4.69, 9.17) is 11.6 Å². The Morgan fingerprint density at radius 1 is 1.40 bits per heavy atom. The molecule has 20 heavy (non-hydrogen) atoms. The summed E-state index contributed by atoms with van der Waals surface area (Å²) in [6, 6.07) is 5.20. The molecule has 106 valence electrons. The van der Waals surface area contributed by atoms with E-state index in [-0.39, 0.29) is 5.69 Å². The molecule has 3 rings (SSSR count). The Morgan fingerprint density at radius 3 is 2.85 bits per heavy atom. The van der Waals surface area contributed by atoms with Gasteiger partial charge in [-0.1, -0.05) is 17.7 Å². The number of carboxylic acids is 1. The SMILES string of the molecule is O=C(O)c1nc(CN2CCNCC2)n2c(Cl)cccc12. The molecule has 0 aliphatic carbocycles. The van der Waals surface area contributed by atoms with Crippen molar-refractivity contribution >= 4 is 23.1 Å². The van der Waals surface area contributed by atoms with Crippen molar-refractivity contribution < 1.29 is 9.90 Å². The highest BCUT2D eigenvalue weighted by Gasteiger charge is 2.20. The fourth-order valence-electron chi connectivity index (χ4n) is 2.50. The highest BCUT2D eigenvalue weighted by molar-refractivity contribution is 6.29. The van der Waals surface area contributed by atoms with Crippen molar-refractivity contribution in [3.8, 4) is 0 Å². The van der Waals surface area contributed by atoms with Crippen LogP contribution >= 0.6 is 11.6 Å². The van der Waals surface area contributed by atoms with Gasteiger partial charge in [-0.05, 0) is 12.1 Å². The number of carboxylic acid groups (broad SMARTS) is 1. The van der Waals surface area contributed by atoms with Crippen LogP contribution < -0.4 is 5.32 Å². The number of hydrogen-bond donors (Lipinski definition) is 2. The third kappa shape index (κ3) is 2.37. The van der Waals surface area contributed by atoms with E-state index in [2.05, 4.69) is 15.2 Å². The number of pyridine rings is 1. The van der Waals surface area contributed by atoms with E-state index in [9.17, 15) is 9.90 Å². The molecular weight excluding hydrogens is 280 g/mol. The van der Waals surface area contributed by atoms with Gasteiger partial charge in [0, 0.05) is 26.2 Å². The van der Waals surface area contributed by atoms with Crippen LogP contribution in [0.3, 0.4) is 0 Å². The lowest BCUT2D eigenvalue weighted by Crippen LogP contribution is -2.43. The maximum atomic E-state index is 11.3. The van der Waals surface area contributed by atoms with Crippen molar-refractivity contribution in [2.24, 2.45) is 0 Å². The molecule has 0 unspecified atom stereocenters. The van der Waals surface area contributed by atoms with Crippen LogP contribution in [0.15, 0.2) is 18.2 Å². The van der Waals surface area contributed by atoms with Crippen molar-refractivity contribution in [3.63, 3.8) is 0 Å². The summed E-state index contributed by atoms with van der Waals surface area (Å²) in [6.45, 7) is 4.30. The Balaban J connectivity index is 2.03. The van der Waals surface area contributed by atoms with Gasteiger partial charge < -0.3 is 10.4 Å². The minimum atomic E-state index is -1.03. The molecular formula is C13H15ClN4O2. The van der Waals surface area contributed by atoms with Crippen molar-refractivity contribution in [2.75, 3.05) is 26.2 Å². The van der Waals surface area contributed by atoms with Crippen LogP contribution in [0.4, 0.5) is 0 Å². The zero-order chi connectivity index (χ0) is 14.1. The van der Waals surface area contributed by atoms with E-state index in [0.717, 1.165) is 26.2 Å². The largest absolute Gasteiger partial charge is 0.476 e. The molecule has 0 atom stereocenters. The zero-order valence-electron chi connectivity index (χ0n) is 10.8. The van der Waals surface area contributed by atoms with Crippen molar-refractivity contribution in [2.45, 2.75) is 6.54 Å². The Kier molecular flexibility index (Phi) is 3.60. The topological polar surface area (TPSA) is 69.9 Å².